The van der Waals surface area contributed by atoms with Crippen molar-refractivity contribution in [2.24, 2.45) is 0 Å². The number of carbonyl (C=O) groups excluding carboxylic acids is 2. The molecule has 7 nitrogen and oxygen atoms in total. The Morgan fingerprint density at radius 2 is 1.67 bits per heavy atom. The number of aromatic nitrogens is 2. The third-order valence-corrected chi connectivity index (χ3v) is 3.89. The quantitative estimate of drug-likeness (QED) is 0.375. The van der Waals surface area contributed by atoms with Crippen LogP contribution in [0.15, 0.2) is 73.2 Å². The number of para-hydroxylation sites is 1. The van der Waals surface area contributed by atoms with Crippen molar-refractivity contribution in [1.29, 1.82) is 0 Å². The zero-order valence-corrected chi connectivity index (χ0v) is 14.6. The van der Waals surface area contributed by atoms with E-state index in [-0.39, 0.29) is 11.7 Å². The normalized spacial score (nSPS) is 11.4. The van der Waals surface area contributed by atoms with E-state index < -0.39 is 18.9 Å². The number of hydrogen-bond acceptors (Lipinski definition) is 6. The highest BCUT2D eigenvalue weighted by molar-refractivity contribution is 5.87. The Hall–Kier alpha value is -3.61. The first-order chi connectivity index (χ1) is 13.1. The van der Waals surface area contributed by atoms with Crippen molar-refractivity contribution in [2.45, 2.75) is 13.0 Å². The molecule has 0 fully saturated rings. The molecule has 0 bridgehead atoms. The first-order valence-electron chi connectivity index (χ1n) is 8.28. The number of nitrogens with zero attached hydrogens (tertiary/aromatic N) is 2. The van der Waals surface area contributed by atoms with Crippen LogP contribution in [0, 0.1) is 0 Å². The first kappa shape index (κ1) is 18.2. The smallest absolute Gasteiger partial charge is 0.423 e. The maximum atomic E-state index is 12.3. The van der Waals surface area contributed by atoms with E-state index in [0.717, 1.165) is 5.56 Å². The van der Waals surface area contributed by atoms with E-state index in [0.29, 0.717) is 5.75 Å². The van der Waals surface area contributed by atoms with Gasteiger partial charge in [-0.05, 0) is 24.6 Å². The zero-order valence-electron chi connectivity index (χ0n) is 14.6. The first-order valence-corrected chi connectivity index (χ1v) is 8.28. The summed E-state index contributed by atoms with van der Waals surface area (Å²) >= 11 is 0. The monoisotopic (exact) mass is 366 g/mol. The number of rotatable bonds is 6. The summed E-state index contributed by atoms with van der Waals surface area (Å²) < 4.78 is 16.4. The van der Waals surface area contributed by atoms with E-state index in [4.69, 9.17) is 14.2 Å². The number of ether oxygens (including phenoxy) is 3. The summed E-state index contributed by atoms with van der Waals surface area (Å²) in [6.07, 6.45) is 2.00. The molecule has 3 rings (SSSR count). The molecular weight excluding hydrogens is 348 g/mol. The van der Waals surface area contributed by atoms with Crippen LogP contribution in [-0.2, 0) is 9.47 Å². The molecule has 0 N–H and O–H groups in total. The van der Waals surface area contributed by atoms with Crippen LogP contribution in [0.5, 0.6) is 5.75 Å². The lowest BCUT2D eigenvalue weighted by atomic mass is 10.1. The number of esters is 1. The number of benzene rings is 2. The minimum absolute atomic E-state index is 0.111. The van der Waals surface area contributed by atoms with Crippen LogP contribution in [0.2, 0.25) is 0 Å². The van der Waals surface area contributed by atoms with Crippen molar-refractivity contribution in [3.8, 4) is 5.75 Å². The number of imidazole rings is 1. The van der Waals surface area contributed by atoms with Crippen molar-refractivity contribution in [3.63, 3.8) is 0 Å². The van der Waals surface area contributed by atoms with Crippen LogP contribution in [0.3, 0.4) is 0 Å². The van der Waals surface area contributed by atoms with Crippen molar-refractivity contribution in [2.75, 3.05) is 6.79 Å². The second kappa shape index (κ2) is 8.66. The van der Waals surface area contributed by atoms with Gasteiger partial charge in [-0.25, -0.2) is 14.6 Å². The Balaban J connectivity index is 1.55. The minimum Gasteiger partial charge on any atom is -0.423 e. The molecule has 7 heteroatoms. The van der Waals surface area contributed by atoms with Gasteiger partial charge in [0, 0.05) is 0 Å². The molecule has 0 aliphatic rings. The highest BCUT2D eigenvalue weighted by Crippen LogP contribution is 2.19. The summed E-state index contributed by atoms with van der Waals surface area (Å²) in [5, 5.41) is 0. The molecule has 0 radical (unpaired) electrons. The van der Waals surface area contributed by atoms with E-state index in [9.17, 15) is 9.59 Å². The fourth-order valence-corrected chi connectivity index (χ4v) is 2.48. The molecule has 0 unspecified atom stereocenters. The Morgan fingerprint density at radius 1 is 1.00 bits per heavy atom. The molecule has 27 heavy (non-hydrogen) atoms. The average molecular weight is 366 g/mol. The van der Waals surface area contributed by atoms with Crippen molar-refractivity contribution in [3.05, 3.63) is 84.4 Å². The summed E-state index contributed by atoms with van der Waals surface area (Å²) in [4.78, 5) is 27.9. The summed E-state index contributed by atoms with van der Waals surface area (Å²) in [6, 6.07) is 18.0. The maximum absolute atomic E-state index is 12.3. The molecule has 0 amide bonds. The summed E-state index contributed by atoms with van der Waals surface area (Å²) in [5.74, 6) is -0.314. The number of hydrogen-bond donors (Lipinski definition) is 0. The second-order valence-corrected chi connectivity index (χ2v) is 5.63. The molecule has 3 aromatic rings. The third-order valence-electron chi connectivity index (χ3n) is 3.89. The Kier molecular flexibility index (Phi) is 5.84. The zero-order chi connectivity index (χ0) is 19.1. The lowest BCUT2D eigenvalue weighted by Gasteiger charge is -2.16. The standard InChI is InChI=1S/C20H18N2O5/c1-15(16-8-4-2-5-9-16)22-13-21-12-18(22)19(23)25-14-26-20(24)27-17-10-6-3-7-11-17/h2-13,15H,14H2,1H3/t15-/m1/s1. The van der Waals surface area contributed by atoms with Crippen LogP contribution >= 0.6 is 0 Å². The van der Waals surface area contributed by atoms with Gasteiger partial charge in [-0.15, -0.1) is 0 Å². The van der Waals surface area contributed by atoms with Gasteiger partial charge in [-0.1, -0.05) is 48.5 Å². The molecular formula is C20H18N2O5. The topological polar surface area (TPSA) is 79.7 Å². The van der Waals surface area contributed by atoms with Gasteiger partial charge in [0.05, 0.1) is 18.6 Å². The summed E-state index contributed by atoms with van der Waals surface area (Å²) in [7, 11) is 0. The summed E-state index contributed by atoms with van der Waals surface area (Å²) in [6.45, 7) is 1.39. The van der Waals surface area contributed by atoms with Gasteiger partial charge in [0.1, 0.15) is 11.4 Å². The fourth-order valence-electron chi connectivity index (χ4n) is 2.48. The van der Waals surface area contributed by atoms with E-state index >= 15 is 0 Å². The molecule has 0 saturated carbocycles. The molecule has 1 aromatic heterocycles. The van der Waals surface area contributed by atoms with E-state index in [1.54, 1.807) is 41.2 Å². The van der Waals surface area contributed by atoms with Gasteiger partial charge in [0.2, 0.25) is 6.79 Å². The average Bonchev–Trinajstić information content (AvgIpc) is 3.18. The van der Waals surface area contributed by atoms with Gasteiger partial charge in [0.25, 0.3) is 0 Å². The van der Waals surface area contributed by atoms with Crippen LogP contribution in [-0.4, -0.2) is 28.5 Å². The summed E-state index contributed by atoms with van der Waals surface area (Å²) in [5.41, 5.74) is 1.28. The van der Waals surface area contributed by atoms with Gasteiger partial charge in [-0.2, -0.15) is 0 Å². The fraction of sp³-hybridized carbons (Fsp3) is 0.150. The second-order valence-electron chi connectivity index (χ2n) is 5.63. The molecule has 0 aliphatic carbocycles. The molecule has 2 aromatic carbocycles. The van der Waals surface area contributed by atoms with Crippen molar-refractivity contribution >= 4 is 12.1 Å². The van der Waals surface area contributed by atoms with Crippen LogP contribution < -0.4 is 4.74 Å². The lowest BCUT2D eigenvalue weighted by molar-refractivity contribution is -0.0150. The molecule has 0 aliphatic heterocycles. The minimum atomic E-state index is -0.958. The Morgan fingerprint density at radius 3 is 2.37 bits per heavy atom. The molecule has 1 atom stereocenters. The van der Waals surface area contributed by atoms with E-state index in [1.165, 1.54) is 6.20 Å². The molecule has 1 heterocycles. The lowest BCUT2D eigenvalue weighted by Crippen LogP contribution is -2.19. The molecule has 0 saturated heterocycles. The molecule has 138 valence electrons. The SMILES string of the molecule is C[C@H](c1ccccc1)n1cncc1C(=O)OCOC(=O)Oc1ccccc1. The maximum Gasteiger partial charge on any atom is 0.516 e. The molecule has 0 spiro atoms. The highest BCUT2D eigenvalue weighted by Gasteiger charge is 2.19. The van der Waals surface area contributed by atoms with E-state index in [1.807, 2.05) is 37.3 Å². The van der Waals surface area contributed by atoms with Gasteiger partial charge >= 0.3 is 12.1 Å². The third kappa shape index (κ3) is 4.72. The predicted octanol–water partition coefficient (Wildman–Crippen LogP) is 3.82. The van der Waals surface area contributed by atoms with Gasteiger partial charge < -0.3 is 18.8 Å². The van der Waals surface area contributed by atoms with Crippen LogP contribution in [0.1, 0.15) is 29.0 Å². The van der Waals surface area contributed by atoms with E-state index in [2.05, 4.69) is 4.98 Å². The Labute approximate surface area is 156 Å². The Bertz CT molecular complexity index is 893. The van der Waals surface area contributed by atoms with Crippen molar-refractivity contribution in [1.82, 2.24) is 9.55 Å². The predicted molar refractivity (Wildman–Crippen MR) is 96.3 cm³/mol. The number of carbonyl (C=O) groups is 2. The van der Waals surface area contributed by atoms with Gasteiger partial charge in [0.15, 0.2) is 0 Å². The van der Waals surface area contributed by atoms with Gasteiger partial charge in [-0.3, -0.25) is 0 Å². The van der Waals surface area contributed by atoms with Crippen LogP contribution in [0.25, 0.3) is 0 Å². The largest absolute Gasteiger partial charge is 0.516 e. The van der Waals surface area contributed by atoms with Crippen molar-refractivity contribution < 1.29 is 23.8 Å². The van der Waals surface area contributed by atoms with Crippen LogP contribution in [0.4, 0.5) is 4.79 Å². The highest BCUT2D eigenvalue weighted by atomic mass is 16.8.